The number of nitrogen functional groups attached to an aromatic ring is 3. The molecule has 0 aliphatic carbocycles. The first kappa shape index (κ1) is 29.4. The topological polar surface area (TPSA) is 155 Å². The Morgan fingerprint density at radius 3 is 0.825 bits per heavy atom. The zero-order valence-corrected chi connectivity index (χ0v) is 22.4. The Kier molecular flexibility index (Phi) is 11.2. The minimum Gasteiger partial charge on any atom is -0.397 e. The molecule has 0 spiro atoms. The normalized spacial score (nSPS) is 9.60. The predicted octanol–water partition coefficient (Wildman–Crippen LogP) is 5.17. The van der Waals surface area contributed by atoms with E-state index < -0.39 is 0 Å². The number of hydrogen-bond donors (Lipinski definition) is 3. The van der Waals surface area contributed by atoms with E-state index >= 15 is 0 Å². The Hall–Kier alpha value is -5.19. The summed E-state index contributed by atoms with van der Waals surface area (Å²) in [6.45, 7) is 0. The molecule has 9 nitrogen and oxygen atoms in total. The summed E-state index contributed by atoms with van der Waals surface area (Å²) in [5.41, 5.74) is 23.8. The maximum absolute atomic E-state index is 5.75. The molecule has 0 unspecified atom stereocenters. The summed E-state index contributed by atoms with van der Waals surface area (Å²) in [4.78, 5) is 25.0. The van der Waals surface area contributed by atoms with Crippen molar-refractivity contribution in [3.8, 4) is 34.2 Å². The second-order valence-electron chi connectivity index (χ2n) is 7.97. The maximum Gasteiger partial charge on any atom is 0.111 e. The van der Waals surface area contributed by atoms with E-state index in [9.17, 15) is 0 Å². The van der Waals surface area contributed by atoms with Gasteiger partial charge in [0, 0.05) is 54.0 Å². The second-order valence-corrected chi connectivity index (χ2v) is 7.97. The van der Waals surface area contributed by atoms with Crippen molar-refractivity contribution in [2.24, 2.45) is 0 Å². The van der Waals surface area contributed by atoms with E-state index in [2.05, 4.69) is 29.9 Å². The van der Waals surface area contributed by atoms with E-state index in [1.54, 1.807) is 37.2 Å². The quantitative estimate of drug-likeness (QED) is 0.260. The van der Waals surface area contributed by atoms with Crippen molar-refractivity contribution < 1.29 is 16.8 Å². The van der Waals surface area contributed by atoms with Gasteiger partial charge in [0.05, 0.1) is 34.1 Å². The van der Waals surface area contributed by atoms with Gasteiger partial charge in [0.2, 0.25) is 0 Å². The van der Waals surface area contributed by atoms with E-state index in [4.69, 9.17) is 17.2 Å². The first-order chi connectivity index (χ1) is 19.1. The fourth-order valence-corrected chi connectivity index (χ4v) is 3.40. The number of rotatable bonds is 3. The third-order valence-electron chi connectivity index (χ3n) is 5.24. The molecule has 1 radical (unpaired) electrons. The molecule has 6 N–H and O–H groups in total. The van der Waals surface area contributed by atoms with Crippen LogP contribution in [0.1, 0.15) is 0 Å². The van der Waals surface area contributed by atoms with Crippen LogP contribution in [0.5, 0.6) is 0 Å². The van der Waals surface area contributed by atoms with E-state index in [1.165, 1.54) is 0 Å². The Balaban J connectivity index is 0.000000163. The standard InChI is InChI=1S/3C10H9N3.Co/c3*11-8-4-3-7-13-10(8)9-5-1-2-6-12-9;/h3*1-7H,11H2;. The predicted molar refractivity (Wildman–Crippen MR) is 156 cm³/mol. The fourth-order valence-electron chi connectivity index (χ4n) is 3.40. The van der Waals surface area contributed by atoms with Crippen molar-refractivity contribution in [1.29, 1.82) is 0 Å². The van der Waals surface area contributed by atoms with Gasteiger partial charge in [-0.25, -0.2) is 0 Å². The van der Waals surface area contributed by atoms with E-state index in [-0.39, 0.29) is 16.8 Å². The van der Waals surface area contributed by atoms with Crippen LogP contribution in [0.15, 0.2) is 128 Å². The van der Waals surface area contributed by atoms with Gasteiger partial charge in [-0.15, -0.1) is 0 Å². The van der Waals surface area contributed by atoms with Crippen LogP contribution < -0.4 is 17.2 Å². The minimum absolute atomic E-state index is 0. The number of nitrogens with two attached hydrogens (primary N) is 3. The van der Waals surface area contributed by atoms with Crippen LogP contribution in [-0.4, -0.2) is 29.9 Å². The number of anilines is 3. The Bertz CT molecular complexity index is 1390. The molecule has 6 heterocycles. The van der Waals surface area contributed by atoms with Crippen LogP contribution in [0, 0.1) is 0 Å². The van der Waals surface area contributed by atoms with Gasteiger partial charge in [-0.2, -0.15) is 0 Å². The molecule has 0 amide bonds. The summed E-state index contributed by atoms with van der Waals surface area (Å²) in [6.07, 6.45) is 10.3. The van der Waals surface area contributed by atoms with Crippen molar-refractivity contribution in [1.82, 2.24) is 29.9 Å². The van der Waals surface area contributed by atoms with Gasteiger partial charge in [-0.05, 0) is 72.8 Å². The van der Waals surface area contributed by atoms with Gasteiger partial charge in [-0.1, -0.05) is 18.2 Å². The van der Waals surface area contributed by atoms with Crippen LogP contribution in [0.3, 0.4) is 0 Å². The van der Waals surface area contributed by atoms with E-state index in [0.717, 1.165) is 34.2 Å². The number of nitrogens with zero attached hydrogens (tertiary/aromatic N) is 6. The smallest absolute Gasteiger partial charge is 0.111 e. The first-order valence-electron chi connectivity index (χ1n) is 12.0. The maximum atomic E-state index is 5.75. The summed E-state index contributed by atoms with van der Waals surface area (Å²) in [7, 11) is 0. The minimum atomic E-state index is 0. The molecule has 0 atom stereocenters. The van der Waals surface area contributed by atoms with Gasteiger partial charge in [0.15, 0.2) is 0 Å². The van der Waals surface area contributed by atoms with Crippen LogP contribution in [-0.2, 0) is 16.8 Å². The monoisotopic (exact) mass is 572 g/mol. The van der Waals surface area contributed by atoms with Gasteiger partial charge in [-0.3, -0.25) is 29.9 Å². The molecule has 6 aromatic rings. The second kappa shape index (κ2) is 15.3. The SMILES string of the molecule is Nc1cccnc1-c1ccccn1.Nc1cccnc1-c1ccccn1.Nc1cccnc1-c1ccccn1.[Co]. The Labute approximate surface area is 242 Å². The number of hydrogen-bond acceptors (Lipinski definition) is 9. The van der Waals surface area contributed by atoms with Crippen molar-refractivity contribution in [3.63, 3.8) is 0 Å². The molecule has 0 bridgehead atoms. The molecule has 0 saturated heterocycles. The zero-order chi connectivity index (χ0) is 27.3. The third kappa shape index (κ3) is 8.15. The average molecular weight is 573 g/mol. The first-order valence-corrected chi connectivity index (χ1v) is 12.0. The zero-order valence-electron chi connectivity index (χ0n) is 21.4. The Morgan fingerprint density at radius 2 is 0.600 bits per heavy atom. The van der Waals surface area contributed by atoms with Crippen molar-refractivity contribution in [2.45, 2.75) is 0 Å². The summed E-state index contributed by atoms with van der Waals surface area (Å²) in [6, 6.07) is 27.9. The number of aromatic nitrogens is 6. The molecule has 0 aliphatic heterocycles. The third-order valence-corrected chi connectivity index (χ3v) is 5.24. The number of pyridine rings is 6. The molecule has 0 saturated carbocycles. The molecule has 0 aliphatic rings. The summed E-state index contributed by atoms with van der Waals surface area (Å²) >= 11 is 0. The molecular weight excluding hydrogens is 545 g/mol. The van der Waals surface area contributed by atoms with Crippen LogP contribution in [0.25, 0.3) is 34.2 Å². The van der Waals surface area contributed by atoms with Gasteiger partial charge < -0.3 is 17.2 Å². The molecule has 0 fully saturated rings. The summed E-state index contributed by atoms with van der Waals surface area (Å²) in [5, 5.41) is 0. The summed E-state index contributed by atoms with van der Waals surface area (Å²) in [5.74, 6) is 0. The largest absolute Gasteiger partial charge is 0.397 e. The molecular formula is C30H27CoN9. The van der Waals surface area contributed by atoms with E-state index in [0.29, 0.717) is 17.1 Å². The molecule has 201 valence electrons. The molecule has 6 aromatic heterocycles. The van der Waals surface area contributed by atoms with Crippen LogP contribution in [0.2, 0.25) is 0 Å². The van der Waals surface area contributed by atoms with Crippen LogP contribution in [0.4, 0.5) is 17.1 Å². The van der Waals surface area contributed by atoms with Gasteiger partial charge in [0.25, 0.3) is 0 Å². The van der Waals surface area contributed by atoms with E-state index in [1.807, 2.05) is 91.0 Å². The molecule has 40 heavy (non-hydrogen) atoms. The molecule has 0 aromatic carbocycles. The van der Waals surface area contributed by atoms with Crippen LogP contribution >= 0.6 is 0 Å². The Morgan fingerprint density at radius 1 is 0.325 bits per heavy atom. The molecule has 10 heteroatoms. The summed E-state index contributed by atoms with van der Waals surface area (Å²) < 4.78 is 0. The van der Waals surface area contributed by atoms with Gasteiger partial charge >= 0.3 is 0 Å². The van der Waals surface area contributed by atoms with Crippen molar-refractivity contribution in [2.75, 3.05) is 17.2 Å². The fraction of sp³-hybridized carbons (Fsp3) is 0. The van der Waals surface area contributed by atoms with Gasteiger partial charge in [0.1, 0.15) is 17.1 Å². The average Bonchev–Trinajstić information content (AvgIpc) is 3.00. The van der Waals surface area contributed by atoms with Crippen molar-refractivity contribution in [3.05, 3.63) is 128 Å². The van der Waals surface area contributed by atoms with Crippen molar-refractivity contribution >= 4 is 17.1 Å². The molecule has 6 rings (SSSR count).